The first-order chi connectivity index (χ1) is 9.38. The minimum absolute atomic E-state index is 0.0889. The number of rotatable bonds is 3. The van der Waals surface area contributed by atoms with Crippen molar-refractivity contribution in [3.63, 3.8) is 0 Å². The highest BCUT2D eigenvalue weighted by molar-refractivity contribution is 9.10. The predicted molar refractivity (Wildman–Crippen MR) is 83.6 cm³/mol. The Morgan fingerprint density at radius 1 is 1.15 bits per heavy atom. The van der Waals surface area contributed by atoms with E-state index in [9.17, 15) is 4.79 Å². The Bertz CT molecular complexity index is 692. The number of carbonyl (C=O) groups is 1. The van der Waals surface area contributed by atoms with Crippen LogP contribution in [-0.2, 0) is 0 Å². The molecular formula is C13H9BrCl2N2O2. The van der Waals surface area contributed by atoms with E-state index in [1.165, 1.54) is 12.1 Å². The van der Waals surface area contributed by atoms with E-state index < -0.39 is 5.91 Å². The van der Waals surface area contributed by atoms with Gasteiger partial charge in [0.05, 0.1) is 15.6 Å². The van der Waals surface area contributed by atoms with Crippen LogP contribution in [0.2, 0.25) is 10.0 Å². The van der Waals surface area contributed by atoms with E-state index in [4.69, 9.17) is 39.4 Å². The van der Waals surface area contributed by atoms with Crippen molar-refractivity contribution in [3.8, 4) is 11.5 Å². The molecule has 0 unspecified atom stereocenters. The highest BCUT2D eigenvalue weighted by Crippen LogP contribution is 2.38. The van der Waals surface area contributed by atoms with Crippen LogP contribution in [-0.4, -0.2) is 5.91 Å². The third-order valence-electron chi connectivity index (χ3n) is 2.44. The van der Waals surface area contributed by atoms with Crippen molar-refractivity contribution in [2.45, 2.75) is 0 Å². The minimum Gasteiger partial charge on any atom is -0.453 e. The Morgan fingerprint density at radius 3 is 2.50 bits per heavy atom. The Labute approximate surface area is 133 Å². The van der Waals surface area contributed by atoms with Gasteiger partial charge in [-0.3, -0.25) is 4.79 Å². The summed E-state index contributed by atoms with van der Waals surface area (Å²) >= 11 is 15.4. The van der Waals surface area contributed by atoms with Crippen molar-refractivity contribution in [2.24, 2.45) is 5.73 Å². The summed E-state index contributed by atoms with van der Waals surface area (Å²) in [6.45, 7) is 0. The van der Waals surface area contributed by atoms with Crippen LogP contribution in [0.5, 0.6) is 11.5 Å². The van der Waals surface area contributed by atoms with Crippen molar-refractivity contribution in [2.75, 3.05) is 5.73 Å². The topological polar surface area (TPSA) is 78.3 Å². The fourth-order valence-electron chi connectivity index (χ4n) is 1.57. The molecule has 0 spiro atoms. The number of primary amides is 1. The average Bonchev–Trinajstić information content (AvgIpc) is 2.36. The summed E-state index contributed by atoms with van der Waals surface area (Å²) in [6, 6.07) is 7.93. The number of nitrogens with two attached hydrogens (primary N) is 2. The molecule has 0 aromatic heterocycles. The van der Waals surface area contributed by atoms with E-state index in [0.717, 1.165) is 4.47 Å². The molecule has 0 bridgehead atoms. The van der Waals surface area contributed by atoms with Gasteiger partial charge in [-0.1, -0.05) is 39.1 Å². The smallest absolute Gasteiger partial charge is 0.252 e. The molecule has 0 fully saturated rings. The molecule has 2 rings (SSSR count). The number of nitrogen functional groups attached to an aromatic ring is 1. The lowest BCUT2D eigenvalue weighted by Gasteiger charge is -2.13. The van der Waals surface area contributed by atoms with Crippen LogP contribution in [0.4, 0.5) is 5.69 Å². The van der Waals surface area contributed by atoms with Gasteiger partial charge in [0.15, 0.2) is 5.75 Å². The Kier molecular flexibility index (Phi) is 4.42. The SMILES string of the molecule is NC(=O)c1cc(N)cc(Cl)c1Oc1cc(Br)ccc1Cl. The summed E-state index contributed by atoms with van der Waals surface area (Å²) in [4.78, 5) is 11.5. The molecule has 0 atom stereocenters. The first-order valence-corrected chi connectivity index (χ1v) is 6.95. The fourth-order valence-corrected chi connectivity index (χ4v) is 2.33. The van der Waals surface area contributed by atoms with Crippen LogP contribution in [0.15, 0.2) is 34.8 Å². The summed E-state index contributed by atoms with van der Waals surface area (Å²) in [5, 5.41) is 0.548. The monoisotopic (exact) mass is 374 g/mol. The van der Waals surface area contributed by atoms with Crippen LogP contribution in [0.3, 0.4) is 0 Å². The van der Waals surface area contributed by atoms with Crippen molar-refractivity contribution in [1.29, 1.82) is 0 Å². The van der Waals surface area contributed by atoms with Gasteiger partial charge in [-0.2, -0.15) is 0 Å². The second-order valence-electron chi connectivity index (χ2n) is 3.92. The van der Waals surface area contributed by atoms with Crippen LogP contribution in [0.25, 0.3) is 0 Å². The number of halogens is 3. The number of anilines is 1. The quantitative estimate of drug-likeness (QED) is 0.788. The van der Waals surface area contributed by atoms with Gasteiger partial charge in [-0.25, -0.2) is 0 Å². The number of amides is 1. The molecular weight excluding hydrogens is 367 g/mol. The molecule has 0 saturated heterocycles. The Hall–Kier alpha value is -1.43. The van der Waals surface area contributed by atoms with Crippen molar-refractivity contribution in [3.05, 3.63) is 50.4 Å². The van der Waals surface area contributed by atoms with Crippen molar-refractivity contribution >= 4 is 50.7 Å². The molecule has 0 aliphatic carbocycles. The number of benzene rings is 2. The van der Waals surface area contributed by atoms with Gasteiger partial charge < -0.3 is 16.2 Å². The van der Waals surface area contributed by atoms with E-state index in [0.29, 0.717) is 16.5 Å². The van der Waals surface area contributed by atoms with Gasteiger partial charge in [0.2, 0.25) is 0 Å². The highest BCUT2D eigenvalue weighted by atomic mass is 79.9. The zero-order chi connectivity index (χ0) is 14.9. The Morgan fingerprint density at radius 2 is 1.85 bits per heavy atom. The van der Waals surface area contributed by atoms with Gasteiger partial charge in [0.25, 0.3) is 5.91 Å². The summed E-state index contributed by atoms with van der Waals surface area (Å²) in [7, 11) is 0. The van der Waals surface area contributed by atoms with Gasteiger partial charge >= 0.3 is 0 Å². The normalized spacial score (nSPS) is 10.3. The molecule has 0 aliphatic rings. The fraction of sp³-hybridized carbons (Fsp3) is 0. The molecule has 4 N–H and O–H groups in total. The first kappa shape index (κ1) is 15.0. The maximum atomic E-state index is 11.5. The lowest BCUT2D eigenvalue weighted by molar-refractivity contribution is 0.0998. The van der Waals surface area contributed by atoms with E-state index in [1.807, 2.05) is 0 Å². The van der Waals surface area contributed by atoms with Gasteiger partial charge in [0.1, 0.15) is 5.75 Å². The molecule has 104 valence electrons. The summed E-state index contributed by atoms with van der Waals surface area (Å²) < 4.78 is 6.39. The standard InChI is InChI=1S/C13H9BrCl2N2O2/c14-6-1-2-9(15)11(3-6)20-12-8(13(18)19)4-7(17)5-10(12)16/h1-5H,17H2,(H2,18,19). The molecule has 0 aliphatic heterocycles. The van der Waals surface area contributed by atoms with Crippen LogP contribution >= 0.6 is 39.1 Å². The number of ether oxygens (including phenoxy) is 1. The average molecular weight is 376 g/mol. The number of hydrogen-bond acceptors (Lipinski definition) is 3. The molecule has 1 amide bonds. The molecule has 7 heteroatoms. The van der Waals surface area contributed by atoms with Crippen molar-refractivity contribution < 1.29 is 9.53 Å². The minimum atomic E-state index is -0.694. The largest absolute Gasteiger partial charge is 0.453 e. The van der Waals surface area contributed by atoms with Crippen LogP contribution < -0.4 is 16.2 Å². The van der Waals surface area contributed by atoms with E-state index >= 15 is 0 Å². The molecule has 4 nitrogen and oxygen atoms in total. The van der Waals surface area contributed by atoms with Crippen molar-refractivity contribution in [1.82, 2.24) is 0 Å². The number of hydrogen-bond donors (Lipinski definition) is 2. The molecule has 2 aromatic rings. The zero-order valence-electron chi connectivity index (χ0n) is 9.99. The lowest BCUT2D eigenvalue weighted by atomic mass is 10.1. The molecule has 2 aromatic carbocycles. The molecule has 20 heavy (non-hydrogen) atoms. The first-order valence-electron chi connectivity index (χ1n) is 5.40. The predicted octanol–water partition coefficient (Wildman–Crippen LogP) is 4.23. The zero-order valence-corrected chi connectivity index (χ0v) is 13.1. The third kappa shape index (κ3) is 3.17. The second-order valence-corrected chi connectivity index (χ2v) is 5.65. The molecule has 0 saturated carbocycles. The third-order valence-corrected chi connectivity index (χ3v) is 3.52. The summed E-state index contributed by atoms with van der Waals surface area (Å²) in [5.74, 6) is -0.233. The van der Waals surface area contributed by atoms with Crippen LogP contribution in [0.1, 0.15) is 10.4 Å². The second kappa shape index (κ2) is 5.91. The molecule has 0 heterocycles. The van der Waals surface area contributed by atoms with E-state index in [-0.39, 0.29) is 16.3 Å². The van der Waals surface area contributed by atoms with Crippen LogP contribution in [0, 0.1) is 0 Å². The highest BCUT2D eigenvalue weighted by Gasteiger charge is 2.17. The maximum Gasteiger partial charge on any atom is 0.252 e. The summed E-state index contributed by atoms with van der Waals surface area (Å²) in [5.41, 5.74) is 11.3. The van der Waals surface area contributed by atoms with E-state index in [2.05, 4.69) is 15.9 Å². The maximum absolute atomic E-state index is 11.5. The lowest BCUT2D eigenvalue weighted by Crippen LogP contribution is -2.13. The van der Waals surface area contributed by atoms with Gasteiger partial charge in [0, 0.05) is 10.2 Å². The van der Waals surface area contributed by atoms with Gasteiger partial charge in [-0.05, 0) is 30.3 Å². The summed E-state index contributed by atoms with van der Waals surface area (Å²) in [6.07, 6.45) is 0. The van der Waals surface area contributed by atoms with E-state index in [1.54, 1.807) is 18.2 Å². The van der Waals surface area contributed by atoms with Gasteiger partial charge in [-0.15, -0.1) is 0 Å². The number of carbonyl (C=O) groups excluding carboxylic acids is 1. The molecule has 0 radical (unpaired) electrons. The Balaban J connectivity index is 2.53.